The second-order valence-corrected chi connectivity index (χ2v) is 7.73. The molecule has 2 rings (SSSR count). The smallest absolute Gasteiger partial charge is 0.309 e. The first-order valence-electron chi connectivity index (χ1n) is 9.20. The Morgan fingerprint density at radius 3 is 2.55 bits per heavy atom. The molecule has 6 nitrogen and oxygen atoms in total. The average Bonchev–Trinajstić information content (AvgIpc) is 3.05. The monoisotopic (exact) mass is 428 g/mol. The number of rotatable bonds is 8. The SMILES string of the molecule is CCCc1nn(-c2cccnc2)cc1N(CC)C(=O)CC(SC(C)=O)C(F)(F)F. The molecule has 0 saturated heterocycles. The van der Waals surface area contributed by atoms with Crippen LogP contribution in [0.4, 0.5) is 18.9 Å². The summed E-state index contributed by atoms with van der Waals surface area (Å²) in [6.07, 6.45) is 0.707. The van der Waals surface area contributed by atoms with Crippen LogP contribution in [0.3, 0.4) is 0 Å². The number of anilines is 1. The van der Waals surface area contributed by atoms with E-state index in [-0.39, 0.29) is 18.3 Å². The van der Waals surface area contributed by atoms with Crippen LogP contribution in [0, 0.1) is 0 Å². The van der Waals surface area contributed by atoms with Crippen molar-refractivity contribution in [1.82, 2.24) is 14.8 Å². The topological polar surface area (TPSA) is 68.1 Å². The lowest BCUT2D eigenvalue weighted by atomic mass is 10.2. The van der Waals surface area contributed by atoms with Crippen LogP contribution < -0.4 is 4.90 Å². The predicted octanol–water partition coefficient (Wildman–Crippen LogP) is 4.17. The fraction of sp³-hybridized carbons (Fsp3) is 0.474. The normalized spacial score (nSPS) is 12.6. The van der Waals surface area contributed by atoms with E-state index in [4.69, 9.17) is 0 Å². The maximum atomic E-state index is 13.3. The molecule has 2 heterocycles. The van der Waals surface area contributed by atoms with Crippen LogP contribution in [0.2, 0.25) is 0 Å². The highest BCUT2D eigenvalue weighted by Crippen LogP contribution is 2.34. The molecule has 0 fully saturated rings. The molecule has 1 amide bonds. The highest BCUT2D eigenvalue weighted by atomic mass is 32.2. The highest BCUT2D eigenvalue weighted by Gasteiger charge is 2.43. The van der Waals surface area contributed by atoms with Crippen molar-refractivity contribution in [3.63, 3.8) is 0 Å². The minimum absolute atomic E-state index is 0.134. The van der Waals surface area contributed by atoms with Gasteiger partial charge in [-0.2, -0.15) is 18.3 Å². The first-order chi connectivity index (χ1) is 13.7. The van der Waals surface area contributed by atoms with Crippen molar-refractivity contribution in [3.05, 3.63) is 36.4 Å². The van der Waals surface area contributed by atoms with E-state index in [0.29, 0.717) is 23.5 Å². The van der Waals surface area contributed by atoms with E-state index in [0.717, 1.165) is 13.3 Å². The number of alkyl halides is 3. The van der Waals surface area contributed by atoms with E-state index < -0.39 is 28.9 Å². The molecule has 0 spiro atoms. The molecule has 0 saturated carbocycles. The molecular formula is C19H23F3N4O2S. The summed E-state index contributed by atoms with van der Waals surface area (Å²) >= 11 is 0.134. The highest BCUT2D eigenvalue weighted by molar-refractivity contribution is 8.14. The fourth-order valence-electron chi connectivity index (χ4n) is 2.84. The first kappa shape index (κ1) is 22.9. The van der Waals surface area contributed by atoms with Gasteiger partial charge in [0.05, 0.1) is 29.5 Å². The number of carbonyl (C=O) groups excluding carboxylic acids is 2. The van der Waals surface area contributed by atoms with E-state index in [1.165, 1.54) is 4.90 Å². The van der Waals surface area contributed by atoms with Crippen LogP contribution in [0.1, 0.15) is 39.3 Å². The largest absolute Gasteiger partial charge is 0.401 e. The van der Waals surface area contributed by atoms with Crippen LogP contribution in [-0.4, -0.2) is 43.8 Å². The van der Waals surface area contributed by atoms with Gasteiger partial charge in [-0.25, -0.2) is 4.68 Å². The summed E-state index contributed by atoms with van der Waals surface area (Å²) in [7, 11) is 0. The zero-order valence-electron chi connectivity index (χ0n) is 16.4. The van der Waals surface area contributed by atoms with Gasteiger partial charge < -0.3 is 4.90 Å². The van der Waals surface area contributed by atoms with Gasteiger partial charge in [0, 0.05) is 26.1 Å². The molecule has 0 bridgehead atoms. The second kappa shape index (κ2) is 9.91. The van der Waals surface area contributed by atoms with Crippen molar-refractivity contribution in [2.24, 2.45) is 0 Å². The second-order valence-electron chi connectivity index (χ2n) is 6.35. The molecule has 0 aliphatic heterocycles. The third kappa shape index (κ3) is 6.06. The Bertz CT molecular complexity index is 840. The number of thioether (sulfide) groups is 1. The maximum Gasteiger partial charge on any atom is 0.401 e. The number of aryl methyl sites for hydroxylation is 1. The van der Waals surface area contributed by atoms with Gasteiger partial charge in [0.1, 0.15) is 5.25 Å². The Morgan fingerprint density at radius 1 is 1.31 bits per heavy atom. The summed E-state index contributed by atoms with van der Waals surface area (Å²) in [5, 5.41) is 1.74. The molecule has 10 heteroatoms. The van der Waals surface area contributed by atoms with Crippen molar-refractivity contribution in [2.75, 3.05) is 11.4 Å². The van der Waals surface area contributed by atoms with Crippen LogP contribution >= 0.6 is 11.8 Å². The van der Waals surface area contributed by atoms with Gasteiger partial charge >= 0.3 is 6.18 Å². The number of carbonyl (C=O) groups is 2. The van der Waals surface area contributed by atoms with Crippen molar-refractivity contribution < 1.29 is 22.8 Å². The number of halogens is 3. The predicted molar refractivity (Wildman–Crippen MR) is 106 cm³/mol. The first-order valence-corrected chi connectivity index (χ1v) is 10.1. The van der Waals surface area contributed by atoms with Crippen LogP contribution in [0.15, 0.2) is 30.7 Å². The molecule has 1 atom stereocenters. The minimum atomic E-state index is -4.66. The fourth-order valence-corrected chi connectivity index (χ4v) is 3.60. The van der Waals surface area contributed by atoms with E-state index in [9.17, 15) is 22.8 Å². The summed E-state index contributed by atoms with van der Waals surface area (Å²) in [6, 6.07) is 3.53. The van der Waals surface area contributed by atoms with Gasteiger partial charge in [0.2, 0.25) is 5.91 Å². The minimum Gasteiger partial charge on any atom is -0.309 e. The molecule has 0 aliphatic rings. The lowest BCUT2D eigenvalue weighted by molar-refractivity contribution is -0.139. The van der Waals surface area contributed by atoms with Crippen LogP contribution in [0.5, 0.6) is 0 Å². The van der Waals surface area contributed by atoms with E-state index in [1.807, 2.05) is 6.92 Å². The Kier molecular flexibility index (Phi) is 7.83. The molecule has 0 radical (unpaired) electrons. The maximum absolute atomic E-state index is 13.3. The molecule has 2 aromatic rings. The quantitative estimate of drug-likeness (QED) is 0.631. The summed E-state index contributed by atoms with van der Waals surface area (Å²) in [5.74, 6) is -0.702. The molecule has 0 aliphatic carbocycles. The zero-order chi connectivity index (χ0) is 21.6. The third-order valence-corrected chi connectivity index (χ3v) is 5.16. The number of hydrogen-bond donors (Lipinski definition) is 0. The third-order valence-electron chi connectivity index (χ3n) is 4.11. The zero-order valence-corrected chi connectivity index (χ0v) is 17.3. The molecule has 29 heavy (non-hydrogen) atoms. The Labute approximate surface area is 171 Å². The number of amides is 1. The Morgan fingerprint density at radius 2 is 2.03 bits per heavy atom. The molecule has 158 valence electrons. The van der Waals surface area contributed by atoms with E-state index in [2.05, 4.69) is 10.1 Å². The van der Waals surface area contributed by atoms with Crippen molar-refractivity contribution in [3.8, 4) is 5.69 Å². The van der Waals surface area contributed by atoms with Gasteiger partial charge in [0.25, 0.3) is 0 Å². The lowest BCUT2D eigenvalue weighted by Crippen LogP contribution is -2.37. The van der Waals surface area contributed by atoms with E-state index in [1.54, 1.807) is 42.3 Å². The Hall–Kier alpha value is -2.36. The summed E-state index contributed by atoms with van der Waals surface area (Å²) in [6.45, 7) is 4.89. The molecule has 0 N–H and O–H groups in total. The summed E-state index contributed by atoms with van der Waals surface area (Å²) in [5.41, 5.74) is 1.77. The van der Waals surface area contributed by atoms with Gasteiger partial charge in [0.15, 0.2) is 5.12 Å². The molecular weight excluding hydrogens is 405 g/mol. The standard InChI is InChI=1S/C19H23F3N4O2S/c1-4-7-15-16(12-26(24-15)14-8-6-9-23-11-14)25(5-2)18(28)10-17(19(20,21)22)29-13(3)27/h6,8-9,11-12,17H,4-5,7,10H2,1-3H3. The van der Waals surface area contributed by atoms with Gasteiger partial charge in [-0.3, -0.25) is 14.6 Å². The Balaban J connectivity index is 2.35. The van der Waals surface area contributed by atoms with Gasteiger partial charge in [-0.05, 0) is 25.5 Å². The van der Waals surface area contributed by atoms with Gasteiger partial charge in [-0.15, -0.1) is 0 Å². The molecule has 0 aromatic carbocycles. The molecule has 1 unspecified atom stereocenters. The summed E-state index contributed by atoms with van der Waals surface area (Å²) < 4.78 is 41.4. The summed E-state index contributed by atoms with van der Waals surface area (Å²) in [4.78, 5) is 29.3. The number of hydrogen-bond acceptors (Lipinski definition) is 5. The number of nitrogens with zero attached hydrogens (tertiary/aromatic N) is 4. The van der Waals surface area contributed by atoms with Crippen molar-refractivity contribution >= 4 is 28.5 Å². The number of aromatic nitrogens is 3. The number of pyridine rings is 1. The van der Waals surface area contributed by atoms with Crippen LogP contribution in [0.25, 0.3) is 5.69 Å². The average molecular weight is 428 g/mol. The van der Waals surface area contributed by atoms with Crippen molar-refractivity contribution in [1.29, 1.82) is 0 Å². The lowest BCUT2D eigenvalue weighted by Gasteiger charge is -2.24. The van der Waals surface area contributed by atoms with Crippen LogP contribution in [-0.2, 0) is 16.0 Å². The molecule has 2 aromatic heterocycles. The van der Waals surface area contributed by atoms with E-state index >= 15 is 0 Å². The van der Waals surface area contributed by atoms with Gasteiger partial charge in [-0.1, -0.05) is 25.1 Å². The van der Waals surface area contributed by atoms with Crippen molar-refractivity contribution in [2.45, 2.75) is 51.5 Å².